The smallest absolute Gasteiger partial charge is 0.416 e. The second-order valence-corrected chi connectivity index (χ2v) is 3.87. The Morgan fingerprint density at radius 2 is 2.12 bits per heavy atom. The summed E-state index contributed by atoms with van der Waals surface area (Å²) >= 11 is 5.92. The molecular formula is C12H10ClNO3. The van der Waals surface area contributed by atoms with E-state index >= 15 is 0 Å². The number of halogens is 1. The van der Waals surface area contributed by atoms with E-state index in [9.17, 15) is 9.59 Å². The minimum atomic E-state index is -0.688. The van der Waals surface area contributed by atoms with E-state index in [-0.39, 0.29) is 5.56 Å². The Bertz CT molecular complexity index is 612. The summed E-state index contributed by atoms with van der Waals surface area (Å²) in [4.78, 5) is 23.6. The van der Waals surface area contributed by atoms with Gasteiger partial charge in [-0.2, -0.15) is 0 Å². The summed E-state index contributed by atoms with van der Waals surface area (Å²) < 4.78 is 5.71. The van der Waals surface area contributed by atoms with Gasteiger partial charge in [0.15, 0.2) is 0 Å². The third-order valence-electron chi connectivity index (χ3n) is 2.44. The number of oxazole rings is 1. The number of carbonyl (C=O) groups is 1. The van der Waals surface area contributed by atoms with Gasteiger partial charge in [-0.3, -0.25) is 4.79 Å². The first-order valence-electron chi connectivity index (χ1n) is 5.13. The van der Waals surface area contributed by atoms with Crippen molar-refractivity contribution in [1.82, 2.24) is 4.57 Å². The topological polar surface area (TPSA) is 52.2 Å². The van der Waals surface area contributed by atoms with Gasteiger partial charge in [0.05, 0.1) is 16.3 Å². The highest BCUT2D eigenvalue weighted by atomic mass is 35.5. The molecule has 0 bridgehead atoms. The zero-order chi connectivity index (χ0) is 12.4. The van der Waals surface area contributed by atoms with Gasteiger partial charge in [-0.05, 0) is 18.6 Å². The van der Waals surface area contributed by atoms with E-state index in [1.54, 1.807) is 24.3 Å². The predicted octanol–water partition coefficient (Wildman–Crippen LogP) is 2.35. The number of benzene rings is 1. The van der Waals surface area contributed by atoms with Crippen LogP contribution >= 0.6 is 11.6 Å². The SMILES string of the molecule is CCc1coc(=O)n1C(=O)c1ccccc1Cl. The Balaban J connectivity index is 2.55. The van der Waals surface area contributed by atoms with Crippen LogP contribution < -0.4 is 5.76 Å². The number of aromatic nitrogens is 1. The number of carbonyl (C=O) groups excluding carboxylic acids is 1. The van der Waals surface area contributed by atoms with Crippen LogP contribution in [0, 0.1) is 0 Å². The van der Waals surface area contributed by atoms with Crippen molar-refractivity contribution < 1.29 is 9.21 Å². The largest absolute Gasteiger partial charge is 0.426 e. The molecule has 0 aliphatic carbocycles. The Labute approximate surface area is 102 Å². The second kappa shape index (κ2) is 4.59. The van der Waals surface area contributed by atoms with Gasteiger partial charge in [-0.25, -0.2) is 9.36 Å². The number of aryl methyl sites for hydroxylation is 1. The van der Waals surface area contributed by atoms with Crippen molar-refractivity contribution in [3.63, 3.8) is 0 Å². The van der Waals surface area contributed by atoms with E-state index < -0.39 is 11.7 Å². The summed E-state index contributed by atoms with van der Waals surface area (Å²) in [5, 5.41) is 0.313. The lowest BCUT2D eigenvalue weighted by molar-refractivity contribution is 0.0949. The van der Waals surface area contributed by atoms with Crippen molar-refractivity contribution in [2.24, 2.45) is 0 Å². The lowest BCUT2D eigenvalue weighted by atomic mass is 10.2. The quantitative estimate of drug-likeness (QED) is 0.823. The second-order valence-electron chi connectivity index (χ2n) is 3.47. The van der Waals surface area contributed by atoms with Crippen molar-refractivity contribution in [3.8, 4) is 0 Å². The molecule has 0 atom stereocenters. The van der Waals surface area contributed by atoms with Crippen LogP contribution in [0.25, 0.3) is 0 Å². The minimum Gasteiger partial charge on any atom is -0.416 e. The minimum absolute atomic E-state index is 0.285. The van der Waals surface area contributed by atoms with Gasteiger partial charge in [-0.1, -0.05) is 30.7 Å². The summed E-state index contributed by atoms with van der Waals surface area (Å²) in [7, 11) is 0. The molecule has 0 aliphatic rings. The van der Waals surface area contributed by atoms with E-state index in [1.807, 2.05) is 6.92 Å². The average Bonchev–Trinajstić information content (AvgIpc) is 2.70. The maximum absolute atomic E-state index is 12.1. The predicted molar refractivity (Wildman–Crippen MR) is 63.5 cm³/mol. The van der Waals surface area contributed by atoms with Crippen LogP contribution in [-0.2, 0) is 6.42 Å². The highest BCUT2D eigenvalue weighted by Crippen LogP contribution is 2.16. The van der Waals surface area contributed by atoms with Gasteiger partial charge >= 0.3 is 5.76 Å². The molecule has 0 saturated heterocycles. The molecule has 1 aromatic heterocycles. The standard InChI is InChI=1S/C12H10ClNO3/c1-2-8-7-17-12(16)14(8)11(15)9-5-3-4-6-10(9)13/h3-7H,2H2,1H3. The molecular weight excluding hydrogens is 242 g/mol. The zero-order valence-corrected chi connectivity index (χ0v) is 9.90. The molecule has 4 nitrogen and oxygen atoms in total. The molecule has 0 amide bonds. The zero-order valence-electron chi connectivity index (χ0n) is 9.14. The van der Waals surface area contributed by atoms with Crippen LogP contribution in [0.15, 0.2) is 39.7 Å². The van der Waals surface area contributed by atoms with E-state index in [0.29, 0.717) is 17.1 Å². The van der Waals surface area contributed by atoms with Gasteiger partial charge in [0.2, 0.25) is 0 Å². The summed E-state index contributed by atoms with van der Waals surface area (Å²) in [5.41, 5.74) is 0.812. The molecule has 88 valence electrons. The van der Waals surface area contributed by atoms with E-state index in [2.05, 4.69) is 0 Å². The Morgan fingerprint density at radius 1 is 1.41 bits per heavy atom. The van der Waals surface area contributed by atoms with Crippen molar-refractivity contribution in [2.75, 3.05) is 0 Å². The first-order valence-corrected chi connectivity index (χ1v) is 5.51. The molecule has 0 N–H and O–H groups in total. The van der Waals surface area contributed by atoms with Gasteiger partial charge in [-0.15, -0.1) is 0 Å². The highest BCUT2D eigenvalue weighted by Gasteiger charge is 2.18. The lowest BCUT2D eigenvalue weighted by Gasteiger charge is -2.04. The van der Waals surface area contributed by atoms with Crippen LogP contribution in [0.5, 0.6) is 0 Å². The fraction of sp³-hybridized carbons (Fsp3) is 0.167. The van der Waals surface area contributed by atoms with Crippen molar-refractivity contribution in [1.29, 1.82) is 0 Å². The van der Waals surface area contributed by atoms with E-state index in [0.717, 1.165) is 4.57 Å². The normalized spacial score (nSPS) is 10.5. The molecule has 5 heteroatoms. The van der Waals surface area contributed by atoms with E-state index in [1.165, 1.54) is 6.26 Å². The van der Waals surface area contributed by atoms with Gasteiger partial charge in [0.1, 0.15) is 6.26 Å². The van der Waals surface area contributed by atoms with Crippen molar-refractivity contribution >= 4 is 17.5 Å². The monoisotopic (exact) mass is 251 g/mol. The lowest BCUT2D eigenvalue weighted by Crippen LogP contribution is -2.25. The molecule has 2 rings (SSSR count). The number of nitrogens with zero attached hydrogens (tertiary/aromatic N) is 1. The van der Waals surface area contributed by atoms with Crippen molar-refractivity contribution in [2.45, 2.75) is 13.3 Å². The third-order valence-corrected chi connectivity index (χ3v) is 2.76. The molecule has 0 aliphatic heterocycles. The third kappa shape index (κ3) is 2.03. The molecule has 0 saturated carbocycles. The van der Waals surface area contributed by atoms with Gasteiger partial charge in [0, 0.05) is 0 Å². The van der Waals surface area contributed by atoms with Crippen LogP contribution in [0.4, 0.5) is 0 Å². The molecule has 1 heterocycles. The number of hydrogen-bond acceptors (Lipinski definition) is 3. The first-order chi connectivity index (χ1) is 8.15. The van der Waals surface area contributed by atoms with Crippen LogP contribution in [-0.4, -0.2) is 10.5 Å². The number of rotatable bonds is 2. The van der Waals surface area contributed by atoms with Gasteiger partial charge < -0.3 is 4.42 Å². The Morgan fingerprint density at radius 3 is 2.76 bits per heavy atom. The molecule has 1 aromatic carbocycles. The summed E-state index contributed by atoms with van der Waals surface area (Å²) in [6.07, 6.45) is 1.82. The maximum Gasteiger partial charge on any atom is 0.426 e. The van der Waals surface area contributed by atoms with Crippen LogP contribution in [0.2, 0.25) is 5.02 Å². The van der Waals surface area contributed by atoms with E-state index in [4.69, 9.17) is 16.0 Å². The number of hydrogen-bond donors (Lipinski definition) is 0. The van der Waals surface area contributed by atoms with Gasteiger partial charge in [0.25, 0.3) is 5.91 Å². The molecule has 0 radical (unpaired) electrons. The highest BCUT2D eigenvalue weighted by molar-refractivity contribution is 6.33. The van der Waals surface area contributed by atoms with Crippen LogP contribution in [0.1, 0.15) is 23.0 Å². The summed E-state index contributed by atoms with van der Waals surface area (Å²) in [6, 6.07) is 6.59. The molecule has 0 fully saturated rings. The Hall–Kier alpha value is -1.81. The average molecular weight is 252 g/mol. The van der Waals surface area contributed by atoms with Crippen LogP contribution in [0.3, 0.4) is 0 Å². The van der Waals surface area contributed by atoms with Crippen molar-refractivity contribution in [3.05, 3.63) is 57.4 Å². The molecule has 17 heavy (non-hydrogen) atoms. The molecule has 2 aromatic rings. The first kappa shape index (κ1) is 11.7. The Kier molecular flexibility index (Phi) is 3.15. The maximum atomic E-state index is 12.1. The molecule has 0 unspecified atom stereocenters. The molecule has 0 spiro atoms. The summed E-state index contributed by atoms with van der Waals surface area (Å²) in [6.45, 7) is 1.83. The fourth-order valence-electron chi connectivity index (χ4n) is 1.55. The fourth-order valence-corrected chi connectivity index (χ4v) is 1.77. The summed E-state index contributed by atoms with van der Waals surface area (Å²) in [5.74, 6) is -1.15.